The molecule has 2 unspecified atom stereocenters. The van der Waals surface area contributed by atoms with Crippen LogP contribution < -0.4 is 10.6 Å². The lowest BCUT2D eigenvalue weighted by Crippen LogP contribution is -2.47. The van der Waals surface area contributed by atoms with Gasteiger partial charge in [0.1, 0.15) is 12.1 Å². The van der Waals surface area contributed by atoms with Gasteiger partial charge in [-0.05, 0) is 51.0 Å². The van der Waals surface area contributed by atoms with Crippen LogP contribution in [0.25, 0.3) is 0 Å². The van der Waals surface area contributed by atoms with Crippen molar-refractivity contribution in [3.05, 3.63) is 24.3 Å². The maximum absolute atomic E-state index is 12.7. The number of hydrogen-bond acceptors (Lipinski definition) is 6. The first-order valence-electron chi connectivity index (χ1n) is 20.7. The van der Waals surface area contributed by atoms with E-state index in [1.165, 1.54) is 109 Å². The Kier molecular flexibility index (Phi) is 35.1. The van der Waals surface area contributed by atoms with Crippen LogP contribution in [0, 0.1) is 0 Å². The van der Waals surface area contributed by atoms with Crippen LogP contribution in [0.1, 0.15) is 194 Å². The highest BCUT2D eigenvalue weighted by Crippen LogP contribution is 2.16. The summed E-state index contributed by atoms with van der Waals surface area (Å²) < 4.78 is 5.89. The molecular weight excluding hydrogens is 644 g/mol. The largest absolute Gasteiger partial charge is 0.480 e. The van der Waals surface area contributed by atoms with Crippen molar-refractivity contribution in [3.8, 4) is 0 Å². The standard InChI is InChI=1S/C42H76N2O7/c1-3-5-7-9-11-13-14-15-16-17-18-20-22-24-30-34-41(48)51-37(31-27-23-21-19-12-10-8-6-4-2)32-28-25-26-29-33-39(46)43-35-40(47)44-38(36-45)42(49)50/h19,21,27,31,37-38,45H,3-18,20,22-26,28-30,32-36H2,1-2H3,(H,43,46)(H,44,47)(H,49,50)/b21-19-,31-27-. The van der Waals surface area contributed by atoms with Crippen molar-refractivity contribution in [2.45, 2.75) is 206 Å². The third-order valence-electron chi connectivity index (χ3n) is 9.19. The second-order valence-corrected chi connectivity index (χ2v) is 14.1. The molecule has 296 valence electrons. The maximum atomic E-state index is 12.7. The van der Waals surface area contributed by atoms with E-state index in [4.69, 9.17) is 14.9 Å². The number of unbranched alkanes of at least 4 members (excludes halogenated alkanes) is 21. The Bertz CT molecular complexity index is 921. The Labute approximate surface area is 311 Å². The fourth-order valence-corrected chi connectivity index (χ4v) is 5.96. The van der Waals surface area contributed by atoms with Crippen molar-refractivity contribution < 1.29 is 34.1 Å². The number of nitrogens with one attached hydrogen (secondary N) is 2. The minimum atomic E-state index is -1.39. The number of carboxylic acid groups (broad SMARTS) is 1. The SMILES string of the molecule is CCCCCC/C=C\C/C=C\C(CCCCCCC(=O)NCC(=O)NC(CO)C(=O)O)OC(=O)CCCCCCCCCCCCCCCCC. The minimum Gasteiger partial charge on any atom is -0.480 e. The Morgan fingerprint density at radius 2 is 1.12 bits per heavy atom. The van der Waals surface area contributed by atoms with E-state index in [2.05, 4.69) is 42.7 Å². The minimum absolute atomic E-state index is 0.125. The van der Waals surface area contributed by atoms with Crippen molar-refractivity contribution >= 4 is 23.8 Å². The number of ether oxygens (including phenoxy) is 1. The van der Waals surface area contributed by atoms with E-state index < -0.39 is 24.5 Å². The highest BCUT2D eigenvalue weighted by Gasteiger charge is 2.18. The lowest BCUT2D eigenvalue weighted by molar-refractivity contribution is -0.147. The molecule has 2 atom stereocenters. The summed E-state index contributed by atoms with van der Waals surface area (Å²) in [6, 6.07) is -1.39. The number of esters is 1. The van der Waals surface area contributed by atoms with Crippen LogP contribution in [0.15, 0.2) is 24.3 Å². The molecule has 51 heavy (non-hydrogen) atoms. The summed E-state index contributed by atoms with van der Waals surface area (Å²) in [5.74, 6) is -2.41. The van der Waals surface area contributed by atoms with E-state index in [0.29, 0.717) is 12.8 Å². The van der Waals surface area contributed by atoms with Gasteiger partial charge in [0.2, 0.25) is 11.8 Å². The number of carbonyl (C=O) groups excluding carboxylic acids is 3. The van der Waals surface area contributed by atoms with Gasteiger partial charge in [0, 0.05) is 12.8 Å². The van der Waals surface area contributed by atoms with Crippen LogP contribution in [0.2, 0.25) is 0 Å². The van der Waals surface area contributed by atoms with Crippen LogP contribution >= 0.6 is 0 Å². The molecule has 2 amide bonds. The third kappa shape index (κ3) is 34.2. The van der Waals surface area contributed by atoms with E-state index >= 15 is 0 Å². The summed E-state index contributed by atoms with van der Waals surface area (Å²) in [4.78, 5) is 47.5. The molecule has 0 rings (SSSR count). The number of aliphatic carboxylic acids is 1. The molecule has 0 radical (unpaired) electrons. The van der Waals surface area contributed by atoms with E-state index in [0.717, 1.165) is 51.4 Å². The predicted octanol–water partition coefficient (Wildman–Crippen LogP) is 9.65. The summed E-state index contributed by atoms with van der Waals surface area (Å²) in [5.41, 5.74) is 0. The molecule has 0 aromatic rings. The number of hydrogen-bond donors (Lipinski definition) is 4. The van der Waals surface area contributed by atoms with Crippen molar-refractivity contribution in [1.29, 1.82) is 0 Å². The van der Waals surface area contributed by atoms with Crippen molar-refractivity contribution in [1.82, 2.24) is 10.6 Å². The predicted molar refractivity (Wildman–Crippen MR) is 208 cm³/mol. The first-order valence-corrected chi connectivity index (χ1v) is 20.7. The highest BCUT2D eigenvalue weighted by molar-refractivity contribution is 5.87. The van der Waals surface area contributed by atoms with Gasteiger partial charge in [0.05, 0.1) is 13.2 Å². The summed E-state index contributed by atoms with van der Waals surface area (Å²) in [7, 11) is 0. The van der Waals surface area contributed by atoms with Gasteiger partial charge < -0.3 is 25.6 Å². The smallest absolute Gasteiger partial charge is 0.328 e. The number of aliphatic hydroxyl groups excluding tert-OH is 1. The van der Waals surface area contributed by atoms with Gasteiger partial charge in [-0.15, -0.1) is 0 Å². The van der Waals surface area contributed by atoms with Crippen molar-refractivity contribution in [2.75, 3.05) is 13.2 Å². The van der Waals surface area contributed by atoms with Gasteiger partial charge >= 0.3 is 11.9 Å². The molecule has 9 heteroatoms. The lowest BCUT2D eigenvalue weighted by atomic mass is 10.0. The molecule has 4 N–H and O–H groups in total. The van der Waals surface area contributed by atoms with Crippen LogP contribution in [0.4, 0.5) is 0 Å². The summed E-state index contributed by atoms with van der Waals surface area (Å²) in [5, 5.41) is 22.5. The molecular formula is C42H76N2O7. The van der Waals surface area contributed by atoms with Crippen LogP contribution in [-0.4, -0.2) is 59.3 Å². The Hall–Kier alpha value is -2.68. The van der Waals surface area contributed by atoms with Crippen LogP contribution in [0.5, 0.6) is 0 Å². The van der Waals surface area contributed by atoms with E-state index in [1.54, 1.807) is 0 Å². The van der Waals surface area contributed by atoms with Crippen LogP contribution in [-0.2, 0) is 23.9 Å². The highest BCUT2D eigenvalue weighted by atomic mass is 16.5. The van der Waals surface area contributed by atoms with Crippen molar-refractivity contribution in [2.24, 2.45) is 0 Å². The molecule has 0 aromatic heterocycles. The zero-order valence-corrected chi connectivity index (χ0v) is 32.6. The monoisotopic (exact) mass is 721 g/mol. The molecule has 0 aliphatic heterocycles. The van der Waals surface area contributed by atoms with Gasteiger partial charge in [-0.1, -0.05) is 154 Å². The maximum Gasteiger partial charge on any atom is 0.328 e. The number of carboxylic acids is 1. The first kappa shape index (κ1) is 48.3. The molecule has 0 aromatic carbocycles. The van der Waals surface area contributed by atoms with Gasteiger partial charge in [-0.3, -0.25) is 14.4 Å². The summed E-state index contributed by atoms with van der Waals surface area (Å²) >= 11 is 0. The average molecular weight is 721 g/mol. The summed E-state index contributed by atoms with van der Waals surface area (Å²) in [6.07, 6.45) is 39.4. The molecule has 9 nitrogen and oxygen atoms in total. The Balaban J connectivity index is 4.31. The third-order valence-corrected chi connectivity index (χ3v) is 9.19. The quantitative estimate of drug-likeness (QED) is 0.0284. The molecule has 0 spiro atoms. The molecule has 0 bridgehead atoms. The van der Waals surface area contributed by atoms with Crippen LogP contribution in [0.3, 0.4) is 0 Å². The number of aliphatic hydroxyl groups is 1. The Morgan fingerprint density at radius 3 is 1.67 bits per heavy atom. The molecule has 0 aliphatic carbocycles. The molecule has 0 saturated carbocycles. The number of rotatable bonds is 37. The van der Waals surface area contributed by atoms with E-state index in [1.807, 2.05) is 6.08 Å². The van der Waals surface area contributed by atoms with E-state index in [9.17, 15) is 19.2 Å². The second kappa shape index (κ2) is 37.1. The fourth-order valence-electron chi connectivity index (χ4n) is 5.96. The molecule has 0 aliphatic rings. The first-order chi connectivity index (χ1) is 24.8. The second-order valence-electron chi connectivity index (χ2n) is 14.1. The van der Waals surface area contributed by atoms with Gasteiger partial charge in [0.15, 0.2) is 0 Å². The normalized spacial score (nSPS) is 12.7. The van der Waals surface area contributed by atoms with E-state index in [-0.39, 0.29) is 30.9 Å². The number of amides is 2. The van der Waals surface area contributed by atoms with Gasteiger partial charge in [0.25, 0.3) is 0 Å². The molecule has 0 saturated heterocycles. The summed E-state index contributed by atoms with van der Waals surface area (Å²) in [6.45, 7) is 3.43. The van der Waals surface area contributed by atoms with Crippen molar-refractivity contribution in [3.63, 3.8) is 0 Å². The average Bonchev–Trinajstić information content (AvgIpc) is 3.11. The lowest BCUT2D eigenvalue weighted by Gasteiger charge is -2.15. The molecule has 0 heterocycles. The van der Waals surface area contributed by atoms with Gasteiger partial charge in [-0.2, -0.15) is 0 Å². The zero-order chi connectivity index (χ0) is 37.6. The number of allylic oxidation sites excluding steroid dienone is 3. The zero-order valence-electron chi connectivity index (χ0n) is 32.6. The number of carbonyl (C=O) groups is 4. The fraction of sp³-hybridized carbons (Fsp3) is 0.810. The Morgan fingerprint density at radius 1 is 0.608 bits per heavy atom. The van der Waals surface area contributed by atoms with Gasteiger partial charge in [-0.25, -0.2) is 4.79 Å². The topological polar surface area (TPSA) is 142 Å². The molecule has 0 fully saturated rings.